The van der Waals surface area contributed by atoms with Gasteiger partial charge in [-0.15, -0.1) is 0 Å². The van der Waals surface area contributed by atoms with E-state index in [0.29, 0.717) is 18.8 Å². The fraction of sp³-hybridized carbons (Fsp3) is 0.250. The molecule has 1 fully saturated rings. The zero-order chi connectivity index (χ0) is 17.9. The summed E-state index contributed by atoms with van der Waals surface area (Å²) in [4.78, 5) is 23.5. The van der Waals surface area contributed by atoms with Gasteiger partial charge >= 0.3 is 0 Å². The van der Waals surface area contributed by atoms with E-state index in [1.807, 2.05) is 49.4 Å². The van der Waals surface area contributed by atoms with E-state index >= 15 is 0 Å². The number of morpholine rings is 1. The average molecular weight is 348 g/mol. The first kappa shape index (κ1) is 16.5. The Morgan fingerprint density at radius 2 is 1.96 bits per heavy atom. The molecule has 0 saturated carbocycles. The number of hydrogen-bond acceptors (Lipinski definition) is 5. The number of amides is 1. The molecule has 1 N–H and O–H groups in total. The Hall–Kier alpha value is -2.99. The number of nitrogens with zero attached hydrogens (tertiary/aromatic N) is 3. The largest absolute Gasteiger partial charge is 0.378 e. The Labute approximate surface area is 151 Å². The Morgan fingerprint density at radius 1 is 1.12 bits per heavy atom. The van der Waals surface area contributed by atoms with Gasteiger partial charge in [0, 0.05) is 29.7 Å². The summed E-state index contributed by atoms with van der Waals surface area (Å²) in [6.07, 6.45) is 1.57. The van der Waals surface area contributed by atoms with Crippen LogP contribution in [0.15, 0.2) is 48.8 Å². The molecular formula is C20H20N4O2. The molecule has 0 spiro atoms. The summed E-state index contributed by atoms with van der Waals surface area (Å²) in [5.74, 6) is 0.783. The van der Waals surface area contributed by atoms with E-state index in [0.717, 1.165) is 41.1 Å². The number of carbonyl (C=O) groups excluding carboxylic acids is 1. The molecule has 0 unspecified atom stereocenters. The molecule has 2 heterocycles. The number of ether oxygens (including phenoxy) is 1. The number of rotatable bonds is 3. The zero-order valence-corrected chi connectivity index (χ0v) is 14.6. The van der Waals surface area contributed by atoms with Gasteiger partial charge in [-0.05, 0) is 37.3 Å². The van der Waals surface area contributed by atoms with Crippen LogP contribution in [-0.2, 0) is 4.74 Å². The van der Waals surface area contributed by atoms with Crippen molar-refractivity contribution in [3.63, 3.8) is 0 Å². The van der Waals surface area contributed by atoms with Crippen LogP contribution in [0.25, 0.3) is 10.9 Å². The van der Waals surface area contributed by atoms with Gasteiger partial charge in [0.05, 0.1) is 18.7 Å². The smallest absolute Gasteiger partial charge is 0.255 e. The van der Waals surface area contributed by atoms with Crippen molar-refractivity contribution in [3.8, 4) is 0 Å². The van der Waals surface area contributed by atoms with Gasteiger partial charge in [-0.2, -0.15) is 0 Å². The number of anilines is 2. The number of benzene rings is 2. The minimum atomic E-state index is -0.129. The molecule has 1 aromatic heterocycles. The van der Waals surface area contributed by atoms with Crippen LogP contribution < -0.4 is 10.2 Å². The number of aromatic nitrogens is 2. The van der Waals surface area contributed by atoms with Gasteiger partial charge < -0.3 is 15.0 Å². The van der Waals surface area contributed by atoms with E-state index in [4.69, 9.17) is 4.74 Å². The van der Waals surface area contributed by atoms with Gasteiger partial charge in [-0.1, -0.05) is 17.7 Å². The first-order chi connectivity index (χ1) is 12.7. The lowest BCUT2D eigenvalue weighted by Gasteiger charge is -2.28. The second kappa shape index (κ2) is 7.09. The molecule has 0 aliphatic carbocycles. The molecule has 4 rings (SSSR count). The molecule has 1 aliphatic rings. The normalized spacial score (nSPS) is 14.4. The van der Waals surface area contributed by atoms with E-state index in [-0.39, 0.29) is 5.91 Å². The van der Waals surface area contributed by atoms with Crippen LogP contribution in [-0.4, -0.2) is 42.2 Å². The van der Waals surface area contributed by atoms with E-state index in [1.54, 1.807) is 6.33 Å². The molecule has 3 aromatic rings. The van der Waals surface area contributed by atoms with E-state index < -0.39 is 0 Å². The summed E-state index contributed by atoms with van der Waals surface area (Å²) in [5, 5.41) is 3.92. The number of fused-ring (bicyclic) bond motifs is 1. The summed E-state index contributed by atoms with van der Waals surface area (Å²) >= 11 is 0. The Balaban J connectivity index is 1.60. The van der Waals surface area contributed by atoms with Crippen molar-refractivity contribution in [2.75, 3.05) is 36.5 Å². The number of aryl methyl sites for hydroxylation is 1. The van der Waals surface area contributed by atoms with Gasteiger partial charge in [0.15, 0.2) is 0 Å². The maximum Gasteiger partial charge on any atom is 0.255 e. The second-order valence-electron chi connectivity index (χ2n) is 6.35. The lowest BCUT2D eigenvalue weighted by Crippen LogP contribution is -2.36. The molecule has 26 heavy (non-hydrogen) atoms. The van der Waals surface area contributed by atoms with Crippen molar-refractivity contribution in [2.24, 2.45) is 0 Å². The second-order valence-corrected chi connectivity index (χ2v) is 6.35. The lowest BCUT2D eigenvalue weighted by atomic mass is 10.1. The SMILES string of the molecule is Cc1cccc(C(=O)Nc2ccc3c(N4CCOCC4)ncnc3c2)c1. The van der Waals surface area contributed by atoms with Crippen LogP contribution in [0.5, 0.6) is 0 Å². The monoisotopic (exact) mass is 348 g/mol. The predicted octanol–water partition coefficient (Wildman–Crippen LogP) is 3.03. The lowest BCUT2D eigenvalue weighted by molar-refractivity contribution is 0.102. The number of hydrogen-bond donors (Lipinski definition) is 1. The fourth-order valence-corrected chi connectivity index (χ4v) is 3.14. The predicted molar refractivity (Wildman–Crippen MR) is 102 cm³/mol. The third-order valence-electron chi connectivity index (χ3n) is 4.46. The summed E-state index contributed by atoms with van der Waals surface area (Å²) in [5.41, 5.74) is 3.22. The van der Waals surface area contributed by atoms with Crippen molar-refractivity contribution >= 4 is 28.3 Å². The maximum absolute atomic E-state index is 12.5. The quantitative estimate of drug-likeness (QED) is 0.788. The van der Waals surface area contributed by atoms with Gasteiger partial charge in [0.25, 0.3) is 5.91 Å². The van der Waals surface area contributed by atoms with Crippen molar-refractivity contribution in [1.29, 1.82) is 0 Å². The molecule has 1 saturated heterocycles. The zero-order valence-electron chi connectivity index (χ0n) is 14.6. The summed E-state index contributed by atoms with van der Waals surface area (Å²) < 4.78 is 5.41. The molecule has 6 heteroatoms. The van der Waals surface area contributed by atoms with Crippen LogP contribution in [0.4, 0.5) is 11.5 Å². The van der Waals surface area contributed by atoms with E-state index in [1.165, 1.54) is 0 Å². The molecule has 1 aliphatic heterocycles. The molecular weight excluding hydrogens is 328 g/mol. The van der Waals surface area contributed by atoms with Crippen molar-refractivity contribution in [1.82, 2.24) is 9.97 Å². The van der Waals surface area contributed by atoms with Crippen LogP contribution in [0.3, 0.4) is 0 Å². The standard InChI is InChI=1S/C20H20N4O2/c1-14-3-2-4-15(11-14)20(25)23-16-5-6-17-18(12-16)21-13-22-19(17)24-7-9-26-10-8-24/h2-6,11-13H,7-10H2,1H3,(H,23,25). The van der Waals surface area contributed by atoms with Gasteiger partial charge in [-0.3, -0.25) is 4.79 Å². The summed E-state index contributed by atoms with van der Waals surface area (Å²) in [7, 11) is 0. The van der Waals surface area contributed by atoms with Gasteiger partial charge in [0.1, 0.15) is 12.1 Å². The molecule has 0 bridgehead atoms. The molecule has 0 atom stereocenters. The molecule has 2 aromatic carbocycles. The molecule has 1 amide bonds. The first-order valence-electron chi connectivity index (χ1n) is 8.66. The number of nitrogens with one attached hydrogen (secondary N) is 1. The molecule has 6 nitrogen and oxygen atoms in total. The highest BCUT2D eigenvalue weighted by Gasteiger charge is 2.16. The Bertz CT molecular complexity index is 951. The van der Waals surface area contributed by atoms with Crippen molar-refractivity contribution in [2.45, 2.75) is 6.92 Å². The van der Waals surface area contributed by atoms with Crippen LogP contribution in [0, 0.1) is 6.92 Å². The number of carbonyl (C=O) groups is 1. The third-order valence-corrected chi connectivity index (χ3v) is 4.46. The molecule has 132 valence electrons. The third kappa shape index (κ3) is 3.36. The van der Waals surface area contributed by atoms with E-state index in [9.17, 15) is 4.79 Å². The summed E-state index contributed by atoms with van der Waals surface area (Å²) in [6, 6.07) is 13.3. The van der Waals surface area contributed by atoms with Crippen LogP contribution in [0.2, 0.25) is 0 Å². The minimum Gasteiger partial charge on any atom is -0.378 e. The Kier molecular flexibility index (Phi) is 4.50. The van der Waals surface area contributed by atoms with Crippen molar-refractivity contribution in [3.05, 3.63) is 59.9 Å². The summed E-state index contributed by atoms with van der Waals surface area (Å²) in [6.45, 7) is 5.01. The minimum absolute atomic E-state index is 0.129. The van der Waals surface area contributed by atoms with Gasteiger partial charge in [0.2, 0.25) is 0 Å². The van der Waals surface area contributed by atoms with Crippen LogP contribution in [0.1, 0.15) is 15.9 Å². The fourth-order valence-electron chi connectivity index (χ4n) is 3.14. The highest BCUT2D eigenvalue weighted by Crippen LogP contribution is 2.26. The average Bonchev–Trinajstić information content (AvgIpc) is 2.68. The topological polar surface area (TPSA) is 67.4 Å². The van der Waals surface area contributed by atoms with Crippen LogP contribution >= 0.6 is 0 Å². The van der Waals surface area contributed by atoms with Gasteiger partial charge in [-0.25, -0.2) is 9.97 Å². The van der Waals surface area contributed by atoms with E-state index in [2.05, 4.69) is 20.2 Å². The highest BCUT2D eigenvalue weighted by molar-refractivity contribution is 6.05. The molecule has 0 radical (unpaired) electrons. The Morgan fingerprint density at radius 3 is 2.77 bits per heavy atom. The first-order valence-corrected chi connectivity index (χ1v) is 8.66. The maximum atomic E-state index is 12.5. The highest BCUT2D eigenvalue weighted by atomic mass is 16.5. The van der Waals surface area contributed by atoms with Crippen molar-refractivity contribution < 1.29 is 9.53 Å².